The maximum Gasteiger partial charge on any atom is 0.312 e. The van der Waals surface area contributed by atoms with Gasteiger partial charge in [0.05, 0.1) is 29.4 Å². The molecule has 28 heavy (non-hydrogen) atoms. The molecule has 1 aliphatic heterocycles. The number of aromatic nitrogens is 2. The Morgan fingerprint density at radius 1 is 1.39 bits per heavy atom. The molecule has 1 aromatic carbocycles. The number of methoxy groups -OCH3 is 1. The topological polar surface area (TPSA) is 55.3 Å². The Balaban J connectivity index is 1.79. The number of hydrogen-bond acceptors (Lipinski definition) is 5. The number of hydrogen-bond donors (Lipinski definition) is 0. The van der Waals surface area contributed by atoms with Crippen molar-refractivity contribution < 1.29 is 13.9 Å². The van der Waals surface area contributed by atoms with Gasteiger partial charge in [-0.2, -0.15) is 0 Å². The first-order valence-electron chi connectivity index (χ1n) is 9.06. The first-order valence-corrected chi connectivity index (χ1v) is 9.82. The molecule has 0 radical (unpaired) electrons. The van der Waals surface area contributed by atoms with Crippen LogP contribution in [0.25, 0.3) is 0 Å². The van der Waals surface area contributed by atoms with Crippen molar-refractivity contribution in [3.8, 4) is 0 Å². The van der Waals surface area contributed by atoms with Crippen molar-refractivity contribution in [3.63, 3.8) is 0 Å². The fourth-order valence-corrected chi connectivity index (χ4v) is 4.30. The van der Waals surface area contributed by atoms with Gasteiger partial charge in [-0.3, -0.25) is 14.7 Å². The highest BCUT2D eigenvalue weighted by atomic mass is 35.5. The van der Waals surface area contributed by atoms with Gasteiger partial charge in [-0.05, 0) is 32.4 Å². The molecule has 2 aromatic rings. The minimum Gasteiger partial charge on any atom is -0.469 e. The summed E-state index contributed by atoms with van der Waals surface area (Å²) in [6.07, 6.45) is 4.61. The summed E-state index contributed by atoms with van der Waals surface area (Å²) in [6, 6.07) is 5.05. The zero-order chi connectivity index (χ0) is 20.3. The number of nitrogens with zero attached hydrogens (tertiary/aromatic N) is 3. The van der Waals surface area contributed by atoms with Crippen LogP contribution in [0.3, 0.4) is 0 Å². The first-order chi connectivity index (χ1) is 13.3. The van der Waals surface area contributed by atoms with Crippen molar-refractivity contribution in [3.05, 3.63) is 57.8 Å². The van der Waals surface area contributed by atoms with Crippen LogP contribution in [0.4, 0.5) is 4.39 Å². The van der Waals surface area contributed by atoms with E-state index in [0.717, 1.165) is 0 Å². The third-order valence-corrected chi connectivity index (χ3v) is 5.86. The number of carbonyl (C=O) groups excluding carboxylic acids is 1. The normalized spacial score (nSPS) is 22.8. The van der Waals surface area contributed by atoms with Gasteiger partial charge in [0.2, 0.25) is 0 Å². The van der Waals surface area contributed by atoms with E-state index in [0.29, 0.717) is 48.8 Å². The van der Waals surface area contributed by atoms with E-state index in [2.05, 4.69) is 14.9 Å². The van der Waals surface area contributed by atoms with Crippen molar-refractivity contribution in [2.45, 2.75) is 38.8 Å². The van der Waals surface area contributed by atoms with Crippen LogP contribution in [0.1, 0.15) is 31.0 Å². The quantitative estimate of drug-likeness (QED) is 0.667. The SMILES string of the molecule is COC(=O)[C@@]1(Cc2cncc(Cl)n2)CCN(Cc2cccc(Cl)c2F)[C@@H](C)C1. The van der Waals surface area contributed by atoms with Gasteiger partial charge >= 0.3 is 5.97 Å². The zero-order valence-electron chi connectivity index (χ0n) is 15.8. The van der Waals surface area contributed by atoms with Gasteiger partial charge in [-0.25, -0.2) is 9.37 Å². The molecule has 0 bridgehead atoms. The van der Waals surface area contributed by atoms with Crippen LogP contribution in [-0.2, 0) is 22.5 Å². The Morgan fingerprint density at radius 2 is 2.18 bits per heavy atom. The van der Waals surface area contributed by atoms with E-state index in [1.165, 1.54) is 19.4 Å². The lowest BCUT2D eigenvalue weighted by Crippen LogP contribution is -2.50. The van der Waals surface area contributed by atoms with Crippen LogP contribution < -0.4 is 0 Å². The second-order valence-electron chi connectivity index (χ2n) is 7.27. The molecule has 1 saturated heterocycles. The minimum absolute atomic E-state index is 0.0402. The highest BCUT2D eigenvalue weighted by Crippen LogP contribution is 2.39. The molecule has 2 atom stereocenters. The number of carbonyl (C=O) groups is 1. The number of benzene rings is 1. The second-order valence-corrected chi connectivity index (χ2v) is 8.06. The second kappa shape index (κ2) is 8.72. The summed E-state index contributed by atoms with van der Waals surface area (Å²) < 4.78 is 19.4. The van der Waals surface area contributed by atoms with E-state index in [-0.39, 0.29) is 17.0 Å². The molecular weight excluding hydrogens is 404 g/mol. The van der Waals surface area contributed by atoms with Crippen LogP contribution in [0, 0.1) is 11.2 Å². The van der Waals surface area contributed by atoms with Gasteiger partial charge in [-0.15, -0.1) is 0 Å². The van der Waals surface area contributed by atoms with Crippen molar-refractivity contribution in [2.24, 2.45) is 5.41 Å². The average molecular weight is 426 g/mol. The zero-order valence-corrected chi connectivity index (χ0v) is 17.3. The maximum absolute atomic E-state index is 14.3. The van der Waals surface area contributed by atoms with Crippen LogP contribution in [0.15, 0.2) is 30.6 Å². The summed E-state index contributed by atoms with van der Waals surface area (Å²) in [6.45, 7) is 3.08. The highest BCUT2D eigenvalue weighted by Gasteiger charge is 2.45. The van der Waals surface area contributed by atoms with Gasteiger partial charge in [-0.1, -0.05) is 35.3 Å². The molecular formula is C20H22Cl2FN3O2. The summed E-state index contributed by atoms with van der Waals surface area (Å²) in [5.74, 6) is -0.662. The van der Waals surface area contributed by atoms with Gasteiger partial charge < -0.3 is 4.74 Å². The molecule has 2 heterocycles. The van der Waals surface area contributed by atoms with E-state index in [9.17, 15) is 9.18 Å². The molecule has 0 spiro atoms. The molecule has 0 unspecified atom stereocenters. The Bertz CT molecular complexity index is 867. The fraction of sp³-hybridized carbons (Fsp3) is 0.450. The van der Waals surface area contributed by atoms with E-state index < -0.39 is 11.2 Å². The summed E-state index contributed by atoms with van der Waals surface area (Å²) in [5, 5.41) is 0.407. The molecule has 0 N–H and O–H groups in total. The van der Waals surface area contributed by atoms with Gasteiger partial charge in [0, 0.05) is 30.8 Å². The number of rotatable bonds is 5. The molecule has 1 aromatic heterocycles. The number of piperidine rings is 1. The Labute approximate surface area is 173 Å². The van der Waals surface area contributed by atoms with Crippen molar-refractivity contribution in [1.29, 1.82) is 0 Å². The smallest absolute Gasteiger partial charge is 0.312 e. The van der Waals surface area contributed by atoms with Gasteiger partial charge in [0.15, 0.2) is 0 Å². The van der Waals surface area contributed by atoms with Crippen molar-refractivity contribution in [2.75, 3.05) is 13.7 Å². The molecule has 150 valence electrons. The number of esters is 1. The van der Waals surface area contributed by atoms with E-state index >= 15 is 0 Å². The van der Waals surface area contributed by atoms with E-state index in [1.807, 2.05) is 6.92 Å². The predicted molar refractivity (Wildman–Crippen MR) is 106 cm³/mol. The van der Waals surface area contributed by atoms with Crippen LogP contribution >= 0.6 is 23.2 Å². The predicted octanol–water partition coefficient (Wildman–Crippen LogP) is 4.31. The average Bonchev–Trinajstić information content (AvgIpc) is 2.66. The largest absolute Gasteiger partial charge is 0.469 e. The van der Waals surface area contributed by atoms with E-state index in [4.69, 9.17) is 27.9 Å². The molecule has 5 nitrogen and oxygen atoms in total. The molecule has 0 aliphatic carbocycles. The molecule has 8 heteroatoms. The third kappa shape index (κ3) is 4.45. The third-order valence-electron chi connectivity index (χ3n) is 5.39. The minimum atomic E-state index is -0.711. The molecule has 1 aliphatic rings. The number of halogens is 3. The van der Waals surface area contributed by atoms with Crippen molar-refractivity contribution in [1.82, 2.24) is 14.9 Å². The molecule has 0 amide bonds. The lowest BCUT2D eigenvalue weighted by molar-refractivity contribution is -0.157. The Kier molecular flexibility index (Phi) is 6.53. The summed E-state index contributed by atoms with van der Waals surface area (Å²) in [4.78, 5) is 23.2. The van der Waals surface area contributed by atoms with Crippen LogP contribution in [0.2, 0.25) is 10.2 Å². The Morgan fingerprint density at radius 3 is 2.86 bits per heavy atom. The standard InChI is InChI=1S/C20H22Cl2FN3O2/c1-13-8-20(19(27)28-2,9-15-10-24-11-17(22)25-15)6-7-26(13)12-14-4-3-5-16(21)18(14)23/h3-5,10-11,13H,6-9,12H2,1-2H3/t13-,20-/m0/s1. The van der Waals surface area contributed by atoms with Crippen LogP contribution in [-0.4, -0.2) is 40.5 Å². The first kappa shape index (κ1) is 21.0. The van der Waals surface area contributed by atoms with Crippen molar-refractivity contribution >= 4 is 29.2 Å². The monoisotopic (exact) mass is 425 g/mol. The molecule has 1 fully saturated rings. The summed E-state index contributed by atoms with van der Waals surface area (Å²) >= 11 is 11.8. The number of likely N-dealkylation sites (tertiary alicyclic amines) is 1. The van der Waals surface area contributed by atoms with Crippen LogP contribution in [0.5, 0.6) is 0 Å². The Hall–Kier alpha value is -1.76. The summed E-state index contributed by atoms with van der Waals surface area (Å²) in [5.41, 5.74) is 0.488. The molecule has 0 saturated carbocycles. The van der Waals surface area contributed by atoms with Gasteiger partial charge in [0.1, 0.15) is 11.0 Å². The number of ether oxygens (including phenoxy) is 1. The fourth-order valence-electron chi connectivity index (χ4n) is 3.95. The lowest BCUT2D eigenvalue weighted by atomic mass is 9.72. The van der Waals surface area contributed by atoms with E-state index in [1.54, 1.807) is 18.3 Å². The molecule has 3 rings (SSSR count). The highest BCUT2D eigenvalue weighted by molar-refractivity contribution is 6.30. The lowest BCUT2D eigenvalue weighted by Gasteiger charge is -2.43. The summed E-state index contributed by atoms with van der Waals surface area (Å²) in [7, 11) is 1.39. The maximum atomic E-state index is 14.3. The van der Waals surface area contributed by atoms with Gasteiger partial charge in [0.25, 0.3) is 0 Å².